The molecule has 1 aliphatic heterocycles. The number of amides is 1. The van der Waals surface area contributed by atoms with Crippen molar-refractivity contribution in [1.82, 2.24) is 4.90 Å². The molecule has 0 radical (unpaired) electrons. The summed E-state index contributed by atoms with van der Waals surface area (Å²) in [6, 6.07) is 5.15. The van der Waals surface area contributed by atoms with Gasteiger partial charge in [-0.2, -0.15) is 0 Å². The van der Waals surface area contributed by atoms with Crippen LogP contribution in [0.4, 0.5) is 5.69 Å². The number of anilines is 1. The average Bonchev–Trinajstić information content (AvgIpc) is 2.45. The summed E-state index contributed by atoms with van der Waals surface area (Å²) >= 11 is 11.9. The van der Waals surface area contributed by atoms with Crippen molar-refractivity contribution in [3.63, 3.8) is 0 Å². The van der Waals surface area contributed by atoms with E-state index in [4.69, 9.17) is 28.3 Å². The summed E-state index contributed by atoms with van der Waals surface area (Å²) in [6.07, 6.45) is 1.86. The summed E-state index contributed by atoms with van der Waals surface area (Å²) in [6.45, 7) is 2.24. The minimum absolute atomic E-state index is 0.100. The van der Waals surface area contributed by atoms with Gasteiger partial charge < -0.3 is 10.4 Å². The van der Waals surface area contributed by atoms with Crippen LogP contribution in [-0.2, 0) is 4.79 Å². The molecule has 1 heterocycles. The highest BCUT2D eigenvalue weighted by Gasteiger charge is 2.20. The third-order valence-electron chi connectivity index (χ3n) is 3.56. The second kappa shape index (κ2) is 7.27. The van der Waals surface area contributed by atoms with E-state index < -0.39 is 0 Å². The largest absolute Gasteiger partial charge is 0.396 e. The average molecular weight is 317 g/mol. The minimum Gasteiger partial charge on any atom is -0.396 e. The lowest BCUT2D eigenvalue weighted by Gasteiger charge is -2.30. The number of hydrogen-bond acceptors (Lipinski definition) is 3. The molecule has 0 aromatic heterocycles. The molecule has 110 valence electrons. The SMILES string of the molecule is O=C(CN1CCC(CO)CC1)Nc1cccc(Cl)c1Cl. The van der Waals surface area contributed by atoms with E-state index in [2.05, 4.69) is 10.2 Å². The number of aliphatic hydroxyl groups is 1. The Morgan fingerprint density at radius 3 is 2.70 bits per heavy atom. The first-order chi connectivity index (χ1) is 9.60. The van der Waals surface area contributed by atoms with Gasteiger partial charge >= 0.3 is 0 Å². The van der Waals surface area contributed by atoms with Crippen molar-refractivity contribution >= 4 is 34.8 Å². The van der Waals surface area contributed by atoms with Gasteiger partial charge in [-0.3, -0.25) is 9.69 Å². The van der Waals surface area contributed by atoms with Crippen molar-refractivity contribution in [1.29, 1.82) is 0 Å². The summed E-state index contributed by atoms with van der Waals surface area (Å²) in [5.74, 6) is 0.272. The van der Waals surface area contributed by atoms with Crippen molar-refractivity contribution in [2.45, 2.75) is 12.8 Å². The normalized spacial score (nSPS) is 17.1. The highest BCUT2D eigenvalue weighted by atomic mass is 35.5. The van der Waals surface area contributed by atoms with E-state index >= 15 is 0 Å². The van der Waals surface area contributed by atoms with Crippen LogP contribution in [0.15, 0.2) is 18.2 Å². The molecule has 0 aliphatic carbocycles. The maximum Gasteiger partial charge on any atom is 0.238 e. The molecule has 20 heavy (non-hydrogen) atoms. The Kier molecular flexibility index (Phi) is 5.66. The first kappa shape index (κ1) is 15.6. The number of nitrogens with one attached hydrogen (secondary N) is 1. The predicted molar refractivity (Wildman–Crippen MR) is 81.3 cm³/mol. The molecular formula is C14H18Cl2N2O2. The number of piperidine rings is 1. The summed E-state index contributed by atoms with van der Waals surface area (Å²) in [4.78, 5) is 14.1. The molecule has 1 aromatic rings. The lowest BCUT2D eigenvalue weighted by Crippen LogP contribution is -2.39. The van der Waals surface area contributed by atoms with Crippen LogP contribution in [-0.4, -0.2) is 42.2 Å². The molecule has 6 heteroatoms. The topological polar surface area (TPSA) is 52.6 Å². The first-order valence-corrected chi connectivity index (χ1v) is 7.43. The molecule has 1 amide bonds. The number of halogens is 2. The maximum absolute atomic E-state index is 12.0. The van der Waals surface area contributed by atoms with Crippen molar-refractivity contribution in [2.24, 2.45) is 5.92 Å². The van der Waals surface area contributed by atoms with Gasteiger partial charge in [-0.15, -0.1) is 0 Å². The Bertz CT molecular complexity index is 474. The zero-order valence-corrected chi connectivity index (χ0v) is 12.6. The van der Waals surface area contributed by atoms with E-state index in [1.165, 1.54) is 0 Å². The van der Waals surface area contributed by atoms with Crippen LogP contribution < -0.4 is 5.32 Å². The molecule has 1 aliphatic rings. The van der Waals surface area contributed by atoms with E-state index in [-0.39, 0.29) is 12.5 Å². The van der Waals surface area contributed by atoms with Crippen LogP contribution in [0.2, 0.25) is 10.0 Å². The van der Waals surface area contributed by atoms with Gasteiger partial charge in [0, 0.05) is 6.61 Å². The van der Waals surface area contributed by atoms with E-state index in [0.29, 0.717) is 28.2 Å². The number of rotatable bonds is 4. The van der Waals surface area contributed by atoms with Crippen molar-refractivity contribution in [3.8, 4) is 0 Å². The molecular weight excluding hydrogens is 299 g/mol. The summed E-state index contributed by atoms with van der Waals surface area (Å²) in [7, 11) is 0. The first-order valence-electron chi connectivity index (χ1n) is 6.67. The molecule has 1 fully saturated rings. The van der Waals surface area contributed by atoms with Gasteiger partial charge in [0.15, 0.2) is 0 Å². The monoisotopic (exact) mass is 316 g/mol. The standard InChI is InChI=1S/C14H18Cl2N2O2/c15-11-2-1-3-12(14(11)16)17-13(20)8-18-6-4-10(9-19)5-7-18/h1-3,10,19H,4-9H2,(H,17,20). The smallest absolute Gasteiger partial charge is 0.238 e. The number of nitrogens with zero attached hydrogens (tertiary/aromatic N) is 1. The number of carbonyl (C=O) groups excluding carboxylic acids is 1. The third kappa shape index (κ3) is 4.09. The molecule has 1 saturated heterocycles. The highest BCUT2D eigenvalue weighted by Crippen LogP contribution is 2.29. The second-order valence-electron chi connectivity index (χ2n) is 5.05. The lowest BCUT2D eigenvalue weighted by atomic mass is 9.98. The molecule has 0 unspecified atom stereocenters. The molecule has 1 aromatic carbocycles. The Labute approximate surface area is 128 Å². The van der Waals surface area contributed by atoms with Crippen molar-refractivity contribution in [2.75, 3.05) is 31.6 Å². The van der Waals surface area contributed by atoms with Gasteiger partial charge in [-0.05, 0) is 44.0 Å². The van der Waals surface area contributed by atoms with Gasteiger partial charge in [-0.1, -0.05) is 29.3 Å². The molecule has 0 saturated carbocycles. The van der Waals surface area contributed by atoms with E-state index in [0.717, 1.165) is 25.9 Å². The van der Waals surface area contributed by atoms with Gasteiger partial charge in [0.1, 0.15) is 0 Å². The van der Waals surface area contributed by atoms with Crippen LogP contribution >= 0.6 is 23.2 Å². The number of hydrogen-bond donors (Lipinski definition) is 2. The quantitative estimate of drug-likeness (QED) is 0.897. The van der Waals surface area contributed by atoms with E-state index in [1.807, 2.05) is 0 Å². The Hall–Kier alpha value is -0.810. The van der Waals surface area contributed by atoms with Crippen LogP contribution in [0.3, 0.4) is 0 Å². The Balaban J connectivity index is 1.85. The molecule has 0 atom stereocenters. The van der Waals surface area contributed by atoms with Crippen LogP contribution in [0.25, 0.3) is 0 Å². The fourth-order valence-electron chi connectivity index (χ4n) is 2.32. The van der Waals surface area contributed by atoms with Crippen LogP contribution in [0.1, 0.15) is 12.8 Å². The number of aliphatic hydroxyl groups excluding tert-OH is 1. The lowest BCUT2D eigenvalue weighted by molar-refractivity contribution is -0.117. The summed E-state index contributed by atoms with van der Waals surface area (Å²) in [5, 5.41) is 12.6. The molecule has 2 N–H and O–H groups in total. The summed E-state index contributed by atoms with van der Waals surface area (Å²) in [5.41, 5.74) is 0.536. The highest BCUT2D eigenvalue weighted by molar-refractivity contribution is 6.43. The minimum atomic E-state index is -0.100. The van der Waals surface area contributed by atoms with Gasteiger partial charge in [0.2, 0.25) is 5.91 Å². The number of likely N-dealkylation sites (tertiary alicyclic amines) is 1. The second-order valence-corrected chi connectivity index (χ2v) is 5.84. The fourth-order valence-corrected chi connectivity index (χ4v) is 2.67. The summed E-state index contributed by atoms with van der Waals surface area (Å²) < 4.78 is 0. The van der Waals surface area contributed by atoms with Gasteiger partial charge in [0.05, 0.1) is 22.3 Å². The van der Waals surface area contributed by atoms with E-state index in [9.17, 15) is 4.79 Å². The zero-order valence-electron chi connectivity index (χ0n) is 11.1. The van der Waals surface area contributed by atoms with Crippen molar-refractivity contribution in [3.05, 3.63) is 28.2 Å². The van der Waals surface area contributed by atoms with Gasteiger partial charge in [0.25, 0.3) is 0 Å². The molecule has 0 spiro atoms. The molecule has 2 rings (SSSR count). The molecule has 4 nitrogen and oxygen atoms in total. The van der Waals surface area contributed by atoms with Gasteiger partial charge in [-0.25, -0.2) is 0 Å². The fraction of sp³-hybridized carbons (Fsp3) is 0.500. The molecule has 0 bridgehead atoms. The Morgan fingerprint density at radius 1 is 1.35 bits per heavy atom. The van der Waals surface area contributed by atoms with Crippen LogP contribution in [0, 0.1) is 5.92 Å². The Morgan fingerprint density at radius 2 is 2.05 bits per heavy atom. The van der Waals surface area contributed by atoms with Crippen LogP contribution in [0.5, 0.6) is 0 Å². The third-order valence-corrected chi connectivity index (χ3v) is 4.38. The van der Waals surface area contributed by atoms with E-state index in [1.54, 1.807) is 18.2 Å². The number of benzene rings is 1. The number of carbonyl (C=O) groups is 1. The zero-order chi connectivity index (χ0) is 14.5. The maximum atomic E-state index is 12.0. The predicted octanol–water partition coefficient (Wildman–Crippen LogP) is 2.64. The van der Waals surface area contributed by atoms with Crippen molar-refractivity contribution < 1.29 is 9.90 Å².